The smallest absolute Gasteiger partial charge is 0.239 e. The first kappa shape index (κ1) is 11.8. The van der Waals surface area contributed by atoms with E-state index in [1.807, 2.05) is 0 Å². The van der Waals surface area contributed by atoms with Gasteiger partial charge in [0.15, 0.2) is 15.6 Å². The van der Waals surface area contributed by atoms with Gasteiger partial charge >= 0.3 is 0 Å². The molecular weight excluding hydrogens is 242 g/mol. The van der Waals surface area contributed by atoms with Crippen LogP contribution in [0.1, 0.15) is 23.7 Å². The minimum Gasteiger partial charge on any atom is -0.324 e. The van der Waals surface area contributed by atoms with E-state index in [0.717, 1.165) is 0 Å². The number of ketones is 1. The Bertz CT molecular complexity index is 604. The molecule has 1 heterocycles. The average Bonchev–Trinajstić information content (AvgIpc) is 2.25. The number of benzene rings is 1. The zero-order valence-electron chi connectivity index (χ0n) is 9.19. The molecule has 0 saturated carbocycles. The highest BCUT2D eigenvalue weighted by Gasteiger charge is 2.28. The second kappa shape index (κ2) is 3.96. The number of hydrogen-bond donors (Lipinski definition) is 1. The van der Waals surface area contributed by atoms with Gasteiger partial charge in [-0.3, -0.25) is 9.59 Å². The first-order valence-electron chi connectivity index (χ1n) is 5.14. The van der Waals surface area contributed by atoms with Gasteiger partial charge < -0.3 is 5.32 Å². The van der Waals surface area contributed by atoms with Gasteiger partial charge in [0.1, 0.15) is 5.75 Å². The number of nitrogens with one attached hydrogen (secondary N) is 1. The van der Waals surface area contributed by atoms with Crippen molar-refractivity contribution in [1.82, 2.24) is 0 Å². The lowest BCUT2D eigenvalue weighted by atomic mass is 10.1. The minimum atomic E-state index is -3.56. The lowest BCUT2D eigenvalue weighted by Crippen LogP contribution is -2.29. The molecule has 0 bridgehead atoms. The summed E-state index contributed by atoms with van der Waals surface area (Å²) in [7, 11) is -3.56. The van der Waals surface area contributed by atoms with E-state index in [1.54, 1.807) is 6.92 Å². The fraction of sp³-hybridized carbons (Fsp3) is 0.273. The lowest BCUT2D eigenvalue weighted by Gasteiger charge is -2.17. The summed E-state index contributed by atoms with van der Waals surface area (Å²) in [4.78, 5) is 22.8. The predicted octanol–water partition coefficient (Wildman–Crippen LogP) is 1.01. The number of anilines is 1. The van der Waals surface area contributed by atoms with Gasteiger partial charge in [0.2, 0.25) is 5.91 Å². The highest BCUT2D eigenvalue weighted by molar-refractivity contribution is 7.92. The molecule has 0 aliphatic carbocycles. The second-order valence-corrected chi connectivity index (χ2v) is 5.75. The summed E-state index contributed by atoms with van der Waals surface area (Å²) in [5.74, 6) is -1.20. The maximum absolute atomic E-state index is 11.7. The third kappa shape index (κ3) is 2.08. The Hall–Kier alpha value is -1.69. The van der Waals surface area contributed by atoms with Gasteiger partial charge in [-0.1, -0.05) is 6.92 Å². The number of sulfone groups is 1. The van der Waals surface area contributed by atoms with Crippen molar-refractivity contribution in [2.45, 2.75) is 18.2 Å². The molecule has 1 N–H and O–H groups in total. The van der Waals surface area contributed by atoms with Crippen LogP contribution in [0.25, 0.3) is 0 Å². The van der Waals surface area contributed by atoms with Crippen LogP contribution in [0.3, 0.4) is 0 Å². The maximum Gasteiger partial charge on any atom is 0.239 e. The van der Waals surface area contributed by atoms with E-state index >= 15 is 0 Å². The number of amides is 1. The number of carbonyl (C=O) groups is 2. The molecule has 0 aromatic heterocycles. The predicted molar refractivity (Wildman–Crippen MR) is 61.7 cm³/mol. The van der Waals surface area contributed by atoms with Crippen molar-refractivity contribution in [1.29, 1.82) is 0 Å². The first-order valence-corrected chi connectivity index (χ1v) is 6.79. The topological polar surface area (TPSA) is 80.3 Å². The van der Waals surface area contributed by atoms with Gasteiger partial charge in [-0.2, -0.15) is 0 Å². The third-order valence-electron chi connectivity index (χ3n) is 2.55. The first-order chi connectivity index (χ1) is 7.94. The van der Waals surface area contributed by atoms with Gasteiger partial charge in [0, 0.05) is 12.0 Å². The quantitative estimate of drug-likeness (QED) is 0.797. The van der Waals surface area contributed by atoms with Crippen LogP contribution in [0.4, 0.5) is 5.69 Å². The van der Waals surface area contributed by atoms with E-state index in [2.05, 4.69) is 5.32 Å². The molecule has 0 saturated heterocycles. The van der Waals surface area contributed by atoms with Crippen LogP contribution in [0.15, 0.2) is 23.1 Å². The normalized spacial score (nSPS) is 17.1. The van der Waals surface area contributed by atoms with E-state index in [4.69, 9.17) is 0 Å². The van der Waals surface area contributed by atoms with Crippen molar-refractivity contribution in [2.24, 2.45) is 0 Å². The SMILES string of the molecule is CCC(=O)c1ccc2c(c1)NC(=O)CS2(=O)=O. The van der Waals surface area contributed by atoms with Crippen molar-refractivity contribution in [3.05, 3.63) is 23.8 Å². The number of fused-ring (bicyclic) bond motifs is 1. The van der Waals surface area contributed by atoms with Crippen LogP contribution >= 0.6 is 0 Å². The second-order valence-electron chi connectivity index (χ2n) is 3.79. The van der Waals surface area contributed by atoms with E-state index in [1.165, 1.54) is 18.2 Å². The van der Waals surface area contributed by atoms with Crippen molar-refractivity contribution in [2.75, 3.05) is 11.1 Å². The molecule has 1 amide bonds. The van der Waals surface area contributed by atoms with E-state index in [-0.39, 0.29) is 16.4 Å². The van der Waals surface area contributed by atoms with E-state index in [0.29, 0.717) is 12.0 Å². The van der Waals surface area contributed by atoms with Crippen molar-refractivity contribution < 1.29 is 18.0 Å². The minimum absolute atomic E-state index is 0.0738. The number of Topliss-reactive ketones (excluding diaryl/α,β-unsaturated/α-hetero) is 1. The molecule has 0 radical (unpaired) electrons. The monoisotopic (exact) mass is 253 g/mol. The molecular formula is C11H11NO4S. The van der Waals surface area contributed by atoms with Crippen LogP contribution < -0.4 is 5.32 Å². The summed E-state index contributed by atoms with van der Waals surface area (Å²) >= 11 is 0. The van der Waals surface area contributed by atoms with Gasteiger partial charge in [-0.15, -0.1) is 0 Å². The molecule has 6 heteroatoms. The number of hydrogen-bond acceptors (Lipinski definition) is 4. The highest BCUT2D eigenvalue weighted by atomic mass is 32.2. The van der Waals surface area contributed by atoms with Crippen LogP contribution in [-0.2, 0) is 14.6 Å². The average molecular weight is 253 g/mol. The zero-order chi connectivity index (χ0) is 12.6. The molecule has 17 heavy (non-hydrogen) atoms. The van der Waals surface area contributed by atoms with E-state index < -0.39 is 21.5 Å². The Labute approximate surface area is 98.7 Å². The molecule has 90 valence electrons. The Kier molecular flexibility index (Phi) is 2.74. The van der Waals surface area contributed by atoms with Gasteiger partial charge in [0.05, 0.1) is 10.6 Å². The zero-order valence-corrected chi connectivity index (χ0v) is 10.0. The number of carbonyl (C=O) groups excluding carboxylic acids is 2. The van der Waals surface area contributed by atoms with Crippen molar-refractivity contribution in [3.8, 4) is 0 Å². The van der Waals surface area contributed by atoms with Crippen LogP contribution in [-0.4, -0.2) is 25.9 Å². The Morgan fingerprint density at radius 1 is 1.41 bits per heavy atom. The lowest BCUT2D eigenvalue weighted by molar-refractivity contribution is -0.114. The van der Waals surface area contributed by atoms with Gasteiger partial charge in [-0.25, -0.2) is 8.42 Å². The Morgan fingerprint density at radius 3 is 2.76 bits per heavy atom. The third-order valence-corrected chi connectivity index (χ3v) is 4.22. The molecule has 1 aliphatic rings. The van der Waals surface area contributed by atoms with Gasteiger partial charge in [-0.05, 0) is 18.2 Å². The molecule has 1 aromatic carbocycles. The summed E-state index contributed by atoms with van der Waals surface area (Å²) in [6.45, 7) is 1.72. The van der Waals surface area contributed by atoms with E-state index in [9.17, 15) is 18.0 Å². The Balaban J connectivity index is 2.57. The molecule has 5 nitrogen and oxygen atoms in total. The van der Waals surface area contributed by atoms with Crippen LogP contribution in [0.5, 0.6) is 0 Å². The molecule has 2 rings (SSSR count). The van der Waals surface area contributed by atoms with Crippen molar-refractivity contribution in [3.63, 3.8) is 0 Å². The summed E-state index contributed by atoms with van der Waals surface area (Å²) < 4.78 is 23.4. The molecule has 0 fully saturated rings. The Morgan fingerprint density at radius 2 is 2.12 bits per heavy atom. The molecule has 0 unspecified atom stereocenters. The largest absolute Gasteiger partial charge is 0.324 e. The molecule has 1 aromatic rings. The standard InChI is InChI=1S/C11H11NO4S/c1-2-9(13)7-3-4-10-8(5-7)12-11(14)6-17(10,15)16/h3-5H,2,6H2,1H3,(H,12,14). The molecule has 1 aliphatic heterocycles. The summed E-state index contributed by atoms with van der Waals surface area (Å²) in [5.41, 5.74) is 0.601. The maximum atomic E-state index is 11.7. The van der Waals surface area contributed by atoms with Crippen molar-refractivity contribution >= 4 is 27.2 Å². The summed E-state index contributed by atoms with van der Waals surface area (Å²) in [6.07, 6.45) is 0.333. The van der Waals surface area contributed by atoms with Crippen LogP contribution in [0, 0.1) is 0 Å². The van der Waals surface area contributed by atoms with Gasteiger partial charge in [0.25, 0.3) is 0 Å². The summed E-state index contributed by atoms with van der Waals surface area (Å²) in [6, 6.07) is 4.25. The highest BCUT2D eigenvalue weighted by Crippen LogP contribution is 2.27. The number of rotatable bonds is 2. The van der Waals surface area contributed by atoms with Crippen LogP contribution in [0.2, 0.25) is 0 Å². The fourth-order valence-corrected chi connectivity index (χ4v) is 3.01. The summed E-state index contributed by atoms with van der Waals surface area (Å²) in [5, 5.41) is 2.46. The molecule has 0 spiro atoms. The molecule has 0 atom stereocenters. The fourth-order valence-electron chi connectivity index (χ4n) is 1.71.